The Morgan fingerprint density at radius 1 is 1.08 bits per heavy atom. The molecule has 10 nitrogen and oxygen atoms in total. The summed E-state index contributed by atoms with van der Waals surface area (Å²) in [5.74, 6) is -2.49. The summed E-state index contributed by atoms with van der Waals surface area (Å²) in [4.78, 5) is 21.7. The Balaban J connectivity index is 2.28. The Kier molecular flexibility index (Phi) is 6.16. The van der Waals surface area contributed by atoms with E-state index in [1.54, 1.807) is 6.07 Å². The third kappa shape index (κ3) is 4.29. The molecule has 0 saturated carbocycles. The first kappa shape index (κ1) is 19.7. The first-order chi connectivity index (χ1) is 12.2. The molecular weight excluding hydrogens is 352 g/mol. The van der Waals surface area contributed by atoms with Gasteiger partial charge in [-0.25, -0.2) is 9.59 Å². The molecule has 26 heavy (non-hydrogen) atoms. The molecule has 0 aliphatic carbocycles. The zero-order valence-electron chi connectivity index (χ0n) is 13.6. The fraction of sp³-hybridized carbons (Fsp3) is 0.375. The van der Waals surface area contributed by atoms with Gasteiger partial charge in [-0.05, 0) is 23.8 Å². The smallest absolute Gasteiger partial charge is 0.335 e. The van der Waals surface area contributed by atoms with Crippen molar-refractivity contribution in [2.75, 3.05) is 7.11 Å². The number of benzene rings is 1. The Morgan fingerprint density at radius 3 is 2.35 bits per heavy atom. The van der Waals surface area contributed by atoms with E-state index in [1.807, 2.05) is 0 Å². The van der Waals surface area contributed by atoms with E-state index in [2.05, 4.69) is 0 Å². The second kappa shape index (κ2) is 8.15. The largest absolute Gasteiger partial charge is 0.493 e. The number of hydrogen-bond acceptors (Lipinski definition) is 8. The Morgan fingerprint density at radius 2 is 1.77 bits per heavy atom. The lowest BCUT2D eigenvalue weighted by atomic mass is 9.99. The molecule has 0 bridgehead atoms. The predicted octanol–water partition coefficient (Wildman–Crippen LogP) is -0.936. The molecule has 0 radical (unpaired) electrons. The standard InChI is InChI=1S/C16H18O10/c1-24-8-4-2-7(3-5-10(17)18)6-9(8)25-16-13(21)11(19)12(20)14(26-16)15(22)23/h2-6,11-14,16,19-21H,1H3,(H,17,18)(H,22,23)/t11-,12-,13+,14-,16+/m0/s1. The first-order valence-electron chi connectivity index (χ1n) is 7.42. The summed E-state index contributed by atoms with van der Waals surface area (Å²) < 4.78 is 15.6. The van der Waals surface area contributed by atoms with Crippen LogP contribution in [0.4, 0.5) is 0 Å². The fourth-order valence-corrected chi connectivity index (χ4v) is 2.33. The molecule has 1 aliphatic rings. The molecule has 2 rings (SSSR count). The van der Waals surface area contributed by atoms with Crippen LogP contribution in [0, 0.1) is 0 Å². The fourth-order valence-electron chi connectivity index (χ4n) is 2.33. The average Bonchev–Trinajstić information content (AvgIpc) is 2.60. The van der Waals surface area contributed by atoms with Gasteiger partial charge in [-0.3, -0.25) is 0 Å². The molecule has 0 spiro atoms. The summed E-state index contributed by atoms with van der Waals surface area (Å²) in [6.07, 6.45) is -6.61. The number of hydrogen-bond donors (Lipinski definition) is 5. The van der Waals surface area contributed by atoms with Crippen molar-refractivity contribution in [3.8, 4) is 11.5 Å². The van der Waals surface area contributed by atoms with Crippen molar-refractivity contribution in [3.63, 3.8) is 0 Å². The minimum absolute atomic E-state index is 0.0109. The zero-order chi connectivity index (χ0) is 19.4. The average molecular weight is 370 g/mol. The van der Waals surface area contributed by atoms with Crippen LogP contribution in [-0.4, -0.2) is 75.3 Å². The van der Waals surface area contributed by atoms with Gasteiger partial charge in [0, 0.05) is 6.08 Å². The lowest BCUT2D eigenvalue weighted by molar-refractivity contribution is -0.271. The van der Waals surface area contributed by atoms with Crippen molar-refractivity contribution in [1.29, 1.82) is 0 Å². The van der Waals surface area contributed by atoms with Crippen LogP contribution in [0.1, 0.15) is 5.56 Å². The number of rotatable bonds is 6. The van der Waals surface area contributed by atoms with Crippen LogP contribution in [0.3, 0.4) is 0 Å². The molecule has 1 saturated heterocycles. The van der Waals surface area contributed by atoms with Crippen molar-refractivity contribution in [1.82, 2.24) is 0 Å². The highest BCUT2D eigenvalue weighted by Gasteiger charge is 2.48. The van der Waals surface area contributed by atoms with E-state index in [4.69, 9.17) is 24.4 Å². The molecule has 10 heteroatoms. The van der Waals surface area contributed by atoms with E-state index in [-0.39, 0.29) is 11.5 Å². The van der Waals surface area contributed by atoms with Crippen LogP contribution >= 0.6 is 0 Å². The molecule has 1 aromatic rings. The van der Waals surface area contributed by atoms with E-state index < -0.39 is 42.6 Å². The number of methoxy groups -OCH3 is 1. The molecule has 1 heterocycles. The minimum Gasteiger partial charge on any atom is -0.493 e. The highest BCUT2D eigenvalue weighted by molar-refractivity contribution is 5.85. The first-order valence-corrected chi connectivity index (χ1v) is 7.42. The highest BCUT2D eigenvalue weighted by atomic mass is 16.7. The number of aliphatic hydroxyl groups excluding tert-OH is 3. The molecule has 1 fully saturated rings. The van der Waals surface area contributed by atoms with Gasteiger partial charge in [0.1, 0.15) is 18.3 Å². The van der Waals surface area contributed by atoms with E-state index in [1.165, 1.54) is 25.3 Å². The molecule has 0 unspecified atom stereocenters. The number of carboxylic acids is 2. The van der Waals surface area contributed by atoms with E-state index in [9.17, 15) is 24.9 Å². The van der Waals surface area contributed by atoms with Crippen molar-refractivity contribution < 1.29 is 49.3 Å². The van der Waals surface area contributed by atoms with E-state index in [0.717, 1.165) is 6.08 Å². The lowest BCUT2D eigenvalue weighted by Crippen LogP contribution is -2.61. The number of aliphatic carboxylic acids is 2. The molecule has 1 aromatic carbocycles. The Hall–Kier alpha value is -2.66. The van der Waals surface area contributed by atoms with Crippen LogP contribution in [0.5, 0.6) is 11.5 Å². The van der Waals surface area contributed by atoms with Crippen LogP contribution in [0.25, 0.3) is 6.08 Å². The van der Waals surface area contributed by atoms with Crippen LogP contribution in [0.2, 0.25) is 0 Å². The van der Waals surface area contributed by atoms with Crippen molar-refractivity contribution >= 4 is 18.0 Å². The summed E-state index contributed by atoms with van der Waals surface area (Å²) in [6, 6.07) is 4.38. The summed E-state index contributed by atoms with van der Waals surface area (Å²) in [6.45, 7) is 0. The van der Waals surface area contributed by atoms with Crippen molar-refractivity contribution in [3.05, 3.63) is 29.8 Å². The third-order valence-corrected chi connectivity index (χ3v) is 3.66. The summed E-state index contributed by atoms with van der Waals surface area (Å²) in [5.41, 5.74) is 0.420. The van der Waals surface area contributed by atoms with Gasteiger partial charge >= 0.3 is 11.9 Å². The SMILES string of the molecule is COc1ccc(C=CC(=O)O)cc1O[C@@H]1O[C@H](C(=O)O)[C@@H](O)[C@H](O)[C@H]1O. The highest BCUT2D eigenvalue weighted by Crippen LogP contribution is 2.32. The number of ether oxygens (including phenoxy) is 3. The molecule has 5 atom stereocenters. The summed E-state index contributed by atoms with van der Waals surface area (Å²) >= 11 is 0. The van der Waals surface area contributed by atoms with Gasteiger partial charge in [0.15, 0.2) is 17.6 Å². The van der Waals surface area contributed by atoms with E-state index in [0.29, 0.717) is 5.56 Å². The topological polar surface area (TPSA) is 163 Å². The number of carboxylic acid groups (broad SMARTS) is 2. The van der Waals surface area contributed by atoms with E-state index >= 15 is 0 Å². The van der Waals surface area contributed by atoms with Gasteiger partial charge in [-0.1, -0.05) is 6.07 Å². The molecule has 0 amide bonds. The van der Waals surface area contributed by atoms with Gasteiger partial charge in [0.25, 0.3) is 0 Å². The molecular formula is C16H18O10. The van der Waals surface area contributed by atoms with Crippen molar-refractivity contribution in [2.24, 2.45) is 0 Å². The van der Waals surface area contributed by atoms with Gasteiger partial charge in [0.2, 0.25) is 6.29 Å². The molecule has 142 valence electrons. The van der Waals surface area contributed by atoms with Gasteiger partial charge < -0.3 is 39.7 Å². The minimum atomic E-state index is -1.84. The van der Waals surface area contributed by atoms with Gasteiger partial charge in [-0.2, -0.15) is 0 Å². The number of carbonyl (C=O) groups is 2. The normalized spacial score (nSPS) is 28.7. The summed E-state index contributed by atoms with van der Waals surface area (Å²) in [7, 11) is 1.34. The maximum atomic E-state index is 11.1. The maximum absolute atomic E-state index is 11.1. The van der Waals surface area contributed by atoms with Crippen LogP contribution < -0.4 is 9.47 Å². The predicted molar refractivity (Wildman–Crippen MR) is 84.6 cm³/mol. The monoisotopic (exact) mass is 370 g/mol. The van der Waals surface area contributed by atoms with Gasteiger partial charge in [0.05, 0.1) is 7.11 Å². The second-order valence-corrected chi connectivity index (χ2v) is 5.43. The Bertz CT molecular complexity index is 700. The van der Waals surface area contributed by atoms with Gasteiger partial charge in [-0.15, -0.1) is 0 Å². The lowest BCUT2D eigenvalue weighted by Gasteiger charge is -2.38. The third-order valence-electron chi connectivity index (χ3n) is 3.66. The molecule has 0 aromatic heterocycles. The quantitative estimate of drug-likeness (QED) is 0.395. The second-order valence-electron chi connectivity index (χ2n) is 5.43. The summed E-state index contributed by atoms with van der Waals surface area (Å²) in [5, 5.41) is 47.2. The zero-order valence-corrected chi connectivity index (χ0v) is 13.6. The van der Waals surface area contributed by atoms with Crippen LogP contribution in [-0.2, 0) is 14.3 Å². The molecule has 5 N–H and O–H groups in total. The molecule has 1 aliphatic heterocycles. The Labute approximate surface area is 147 Å². The van der Waals surface area contributed by atoms with Crippen LogP contribution in [0.15, 0.2) is 24.3 Å². The van der Waals surface area contributed by atoms with Crippen molar-refractivity contribution in [2.45, 2.75) is 30.7 Å². The number of aliphatic hydroxyl groups is 3. The maximum Gasteiger partial charge on any atom is 0.335 e.